The number of hydrogen-bond acceptors (Lipinski definition) is 2. The van der Waals surface area contributed by atoms with Crippen molar-refractivity contribution < 1.29 is 4.74 Å². The molecule has 0 amide bonds. The van der Waals surface area contributed by atoms with Crippen molar-refractivity contribution in [2.75, 3.05) is 12.3 Å². The Morgan fingerprint density at radius 1 is 1.27 bits per heavy atom. The van der Waals surface area contributed by atoms with Crippen molar-refractivity contribution in [3.05, 3.63) is 23.3 Å². The van der Waals surface area contributed by atoms with Gasteiger partial charge in [0.25, 0.3) is 0 Å². The van der Waals surface area contributed by atoms with Crippen LogP contribution in [0, 0.1) is 19.8 Å². The van der Waals surface area contributed by atoms with Crippen LogP contribution in [-0.4, -0.2) is 6.61 Å². The molecule has 1 aromatic rings. The second kappa shape index (κ2) is 5.06. The first-order valence-electron chi connectivity index (χ1n) is 5.54. The van der Waals surface area contributed by atoms with Crippen LogP contribution >= 0.6 is 0 Å². The van der Waals surface area contributed by atoms with E-state index in [1.54, 1.807) is 0 Å². The molecule has 2 nitrogen and oxygen atoms in total. The zero-order valence-corrected chi connectivity index (χ0v) is 10.1. The standard InChI is InChI=1S/C13H21NO/c1-5-9(2)8-15-13-7-12(14)10(3)6-11(13)4/h6-7,9H,5,8,14H2,1-4H3. The Kier molecular flexibility index (Phi) is 4.01. The SMILES string of the molecule is CCC(C)COc1cc(N)c(C)cc1C. The van der Waals surface area contributed by atoms with E-state index in [-0.39, 0.29) is 0 Å². The minimum Gasteiger partial charge on any atom is -0.493 e. The van der Waals surface area contributed by atoms with Crippen LogP contribution in [-0.2, 0) is 0 Å². The van der Waals surface area contributed by atoms with Crippen LogP contribution in [0.1, 0.15) is 31.4 Å². The number of hydrogen-bond donors (Lipinski definition) is 1. The Labute approximate surface area is 92.4 Å². The Morgan fingerprint density at radius 3 is 2.53 bits per heavy atom. The van der Waals surface area contributed by atoms with Crippen LogP contribution in [0.15, 0.2) is 12.1 Å². The average molecular weight is 207 g/mol. The zero-order valence-electron chi connectivity index (χ0n) is 10.1. The van der Waals surface area contributed by atoms with Gasteiger partial charge in [-0.05, 0) is 30.9 Å². The third kappa shape index (κ3) is 3.15. The van der Waals surface area contributed by atoms with Crippen LogP contribution in [0.25, 0.3) is 0 Å². The molecule has 0 saturated heterocycles. The van der Waals surface area contributed by atoms with Gasteiger partial charge in [0.05, 0.1) is 6.61 Å². The van der Waals surface area contributed by atoms with Gasteiger partial charge >= 0.3 is 0 Å². The van der Waals surface area contributed by atoms with E-state index in [2.05, 4.69) is 26.8 Å². The maximum atomic E-state index is 5.85. The molecule has 0 aromatic heterocycles. The average Bonchev–Trinajstić information content (AvgIpc) is 2.21. The molecule has 0 fully saturated rings. The summed E-state index contributed by atoms with van der Waals surface area (Å²) in [6.07, 6.45) is 1.14. The molecule has 84 valence electrons. The summed E-state index contributed by atoms with van der Waals surface area (Å²) in [6.45, 7) is 9.19. The van der Waals surface area contributed by atoms with E-state index in [9.17, 15) is 0 Å². The molecule has 1 rings (SSSR count). The van der Waals surface area contributed by atoms with Crippen LogP contribution in [0.3, 0.4) is 0 Å². The molecular formula is C13H21NO. The smallest absolute Gasteiger partial charge is 0.124 e. The molecule has 1 atom stereocenters. The van der Waals surface area contributed by atoms with Gasteiger partial charge in [-0.25, -0.2) is 0 Å². The molecule has 0 bridgehead atoms. The lowest BCUT2D eigenvalue weighted by atomic mass is 10.1. The number of aryl methyl sites for hydroxylation is 2. The highest BCUT2D eigenvalue weighted by molar-refractivity contribution is 5.54. The number of benzene rings is 1. The topological polar surface area (TPSA) is 35.2 Å². The van der Waals surface area contributed by atoms with Gasteiger partial charge in [-0.3, -0.25) is 0 Å². The van der Waals surface area contributed by atoms with E-state index >= 15 is 0 Å². The van der Waals surface area contributed by atoms with Gasteiger partial charge < -0.3 is 10.5 Å². The van der Waals surface area contributed by atoms with E-state index in [1.807, 2.05) is 13.0 Å². The second-order valence-corrected chi connectivity index (χ2v) is 4.30. The first-order valence-corrected chi connectivity index (χ1v) is 5.54. The predicted molar refractivity (Wildman–Crippen MR) is 65.3 cm³/mol. The minimum absolute atomic E-state index is 0.590. The summed E-state index contributed by atoms with van der Waals surface area (Å²) in [5.41, 5.74) is 8.93. The molecule has 0 aliphatic carbocycles. The van der Waals surface area contributed by atoms with E-state index in [4.69, 9.17) is 10.5 Å². The molecule has 15 heavy (non-hydrogen) atoms. The van der Waals surface area contributed by atoms with Gasteiger partial charge in [0.2, 0.25) is 0 Å². The maximum Gasteiger partial charge on any atom is 0.124 e. The van der Waals surface area contributed by atoms with Crippen molar-refractivity contribution in [3.8, 4) is 5.75 Å². The molecular weight excluding hydrogens is 186 g/mol. The van der Waals surface area contributed by atoms with Crippen LogP contribution in [0.4, 0.5) is 5.69 Å². The summed E-state index contributed by atoms with van der Waals surface area (Å²) in [7, 11) is 0. The number of nitrogens with two attached hydrogens (primary N) is 1. The Morgan fingerprint density at radius 2 is 1.93 bits per heavy atom. The molecule has 1 aromatic carbocycles. The quantitative estimate of drug-likeness (QED) is 0.769. The summed E-state index contributed by atoms with van der Waals surface area (Å²) in [5.74, 6) is 1.50. The van der Waals surface area contributed by atoms with Crippen molar-refractivity contribution in [2.24, 2.45) is 5.92 Å². The highest BCUT2D eigenvalue weighted by Crippen LogP contribution is 2.24. The minimum atomic E-state index is 0.590. The fourth-order valence-electron chi connectivity index (χ4n) is 1.35. The Balaban J connectivity index is 2.73. The molecule has 0 radical (unpaired) electrons. The fourth-order valence-corrected chi connectivity index (χ4v) is 1.35. The number of ether oxygens (including phenoxy) is 1. The van der Waals surface area contributed by atoms with Crippen molar-refractivity contribution in [3.63, 3.8) is 0 Å². The Bertz CT molecular complexity index is 334. The molecule has 0 aliphatic rings. The normalized spacial score (nSPS) is 12.5. The molecule has 0 saturated carbocycles. The molecule has 2 heteroatoms. The summed E-state index contributed by atoms with van der Waals surface area (Å²) < 4.78 is 5.75. The largest absolute Gasteiger partial charge is 0.493 e. The molecule has 1 unspecified atom stereocenters. The fraction of sp³-hybridized carbons (Fsp3) is 0.538. The van der Waals surface area contributed by atoms with Gasteiger partial charge in [0.15, 0.2) is 0 Å². The van der Waals surface area contributed by atoms with Crippen molar-refractivity contribution >= 4 is 5.69 Å². The lowest BCUT2D eigenvalue weighted by molar-refractivity contribution is 0.255. The summed E-state index contributed by atoms with van der Waals surface area (Å²) >= 11 is 0. The number of rotatable bonds is 4. The lowest BCUT2D eigenvalue weighted by Gasteiger charge is -2.14. The number of anilines is 1. The lowest BCUT2D eigenvalue weighted by Crippen LogP contribution is -2.08. The van der Waals surface area contributed by atoms with Crippen molar-refractivity contribution in [1.82, 2.24) is 0 Å². The van der Waals surface area contributed by atoms with E-state index in [0.717, 1.165) is 35.6 Å². The monoisotopic (exact) mass is 207 g/mol. The van der Waals surface area contributed by atoms with Crippen molar-refractivity contribution in [1.29, 1.82) is 0 Å². The molecule has 0 heterocycles. The van der Waals surface area contributed by atoms with Gasteiger partial charge in [0.1, 0.15) is 5.75 Å². The van der Waals surface area contributed by atoms with Crippen LogP contribution in [0.5, 0.6) is 5.75 Å². The van der Waals surface area contributed by atoms with E-state index in [1.165, 1.54) is 0 Å². The second-order valence-electron chi connectivity index (χ2n) is 4.30. The predicted octanol–water partition coefficient (Wildman–Crippen LogP) is 3.31. The van der Waals surface area contributed by atoms with Gasteiger partial charge in [-0.2, -0.15) is 0 Å². The van der Waals surface area contributed by atoms with E-state index < -0.39 is 0 Å². The van der Waals surface area contributed by atoms with Gasteiger partial charge in [-0.1, -0.05) is 26.3 Å². The third-order valence-electron chi connectivity index (χ3n) is 2.78. The summed E-state index contributed by atoms with van der Waals surface area (Å²) in [4.78, 5) is 0. The number of nitrogen functional groups attached to an aromatic ring is 1. The summed E-state index contributed by atoms with van der Waals surface area (Å²) in [5, 5.41) is 0. The first-order chi connectivity index (χ1) is 7.04. The van der Waals surface area contributed by atoms with Gasteiger partial charge in [0, 0.05) is 11.8 Å². The summed E-state index contributed by atoms with van der Waals surface area (Å²) in [6, 6.07) is 3.99. The van der Waals surface area contributed by atoms with Gasteiger partial charge in [-0.15, -0.1) is 0 Å². The van der Waals surface area contributed by atoms with Crippen molar-refractivity contribution in [2.45, 2.75) is 34.1 Å². The zero-order chi connectivity index (χ0) is 11.4. The Hall–Kier alpha value is -1.18. The molecule has 2 N–H and O–H groups in total. The molecule has 0 spiro atoms. The van der Waals surface area contributed by atoms with E-state index in [0.29, 0.717) is 5.92 Å². The third-order valence-corrected chi connectivity index (χ3v) is 2.78. The highest BCUT2D eigenvalue weighted by atomic mass is 16.5. The molecule has 0 aliphatic heterocycles. The maximum absolute atomic E-state index is 5.85. The van der Waals surface area contributed by atoms with Crippen LogP contribution in [0.2, 0.25) is 0 Å². The highest BCUT2D eigenvalue weighted by Gasteiger charge is 2.05. The van der Waals surface area contributed by atoms with Crippen LogP contribution < -0.4 is 10.5 Å². The first kappa shape index (κ1) is 11.9.